The zero-order valence-corrected chi connectivity index (χ0v) is 35.0. The van der Waals surface area contributed by atoms with Crippen molar-refractivity contribution in [2.45, 2.75) is 187 Å². The molecule has 0 spiro atoms. The monoisotopic (exact) mass is 777 g/mol. The summed E-state index contributed by atoms with van der Waals surface area (Å²) < 4.78 is 26.4. The van der Waals surface area contributed by atoms with Gasteiger partial charge in [-0.1, -0.05) is 157 Å². The molecule has 0 amide bonds. The van der Waals surface area contributed by atoms with Gasteiger partial charge < -0.3 is 19.3 Å². The van der Waals surface area contributed by atoms with Gasteiger partial charge in [-0.05, 0) is 83.5 Å². The highest BCUT2D eigenvalue weighted by Gasteiger charge is 2.22. The molecule has 2 N–H and O–H groups in total. The van der Waals surface area contributed by atoms with Gasteiger partial charge in [-0.2, -0.15) is 0 Å². The molecule has 0 unspecified atom stereocenters. The Labute approximate surface area is 329 Å². The molecule has 310 valence electrons. The lowest BCUT2D eigenvalue weighted by molar-refractivity contribution is -0.161. The maximum Gasteiger partial charge on any atom is 0.469 e. The van der Waals surface area contributed by atoms with Crippen LogP contribution < -0.4 is 0 Å². The summed E-state index contributed by atoms with van der Waals surface area (Å²) in [4.78, 5) is 42.9. The van der Waals surface area contributed by atoms with Crippen molar-refractivity contribution in [2.24, 2.45) is 0 Å². The molecular formula is C45H77O8P. The number of phosphoric acid groups is 1. The van der Waals surface area contributed by atoms with E-state index in [0.717, 1.165) is 70.6 Å². The van der Waals surface area contributed by atoms with Gasteiger partial charge in [0.05, 0.1) is 6.61 Å². The Kier molecular flexibility index (Phi) is 38.3. The fourth-order valence-electron chi connectivity index (χ4n) is 5.57. The molecule has 0 aliphatic heterocycles. The molecule has 9 heteroatoms. The molecule has 8 nitrogen and oxygen atoms in total. The van der Waals surface area contributed by atoms with Gasteiger partial charge in [-0.25, -0.2) is 4.57 Å². The fraction of sp³-hybridized carbons (Fsp3) is 0.689. The van der Waals surface area contributed by atoms with Crippen LogP contribution in [0.1, 0.15) is 181 Å². The van der Waals surface area contributed by atoms with Gasteiger partial charge in [0.2, 0.25) is 0 Å². The first kappa shape index (κ1) is 51.5. The van der Waals surface area contributed by atoms with Gasteiger partial charge in [0.15, 0.2) is 6.10 Å². The highest BCUT2D eigenvalue weighted by molar-refractivity contribution is 7.46. The number of carbonyl (C=O) groups is 2. The zero-order chi connectivity index (χ0) is 39.6. The third-order valence-corrected chi connectivity index (χ3v) is 9.19. The molecule has 0 radical (unpaired) electrons. The van der Waals surface area contributed by atoms with Gasteiger partial charge in [-0.15, -0.1) is 0 Å². The van der Waals surface area contributed by atoms with Crippen LogP contribution in [0.15, 0.2) is 72.9 Å². The highest BCUT2D eigenvalue weighted by Crippen LogP contribution is 2.36. The minimum absolute atomic E-state index is 0.169. The number of hydrogen-bond acceptors (Lipinski definition) is 6. The van der Waals surface area contributed by atoms with Crippen molar-refractivity contribution >= 4 is 19.8 Å². The summed E-state index contributed by atoms with van der Waals surface area (Å²) in [5.74, 6) is -0.928. The maximum absolute atomic E-state index is 12.4. The Morgan fingerprint density at radius 2 is 0.889 bits per heavy atom. The zero-order valence-electron chi connectivity index (χ0n) is 34.1. The van der Waals surface area contributed by atoms with Crippen LogP contribution in [0.4, 0.5) is 0 Å². The fourth-order valence-corrected chi connectivity index (χ4v) is 5.93. The van der Waals surface area contributed by atoms with Gasteiger partial charge >= 0.3 is 19.8 Å². The van der Waals surface area contributed by atoms with Crippen LogP contribution in [-0.2, 0) is 28.2 Å². The predicted octanol–water partition coefficient (Wildman–Crippen LogP) is 13.1. The van der Waals surface area contributed by atoms with Crippen LogP contribution in [0, 0.1) is 0 Å². The second-order valence-corrected chi connectivity index (χ2v) is 15.2. The quantitative estimate of drug-likeness (QED) is 0.0275. The average molecular weight is 777 g/mol. The summed E-state index contributed by atoms with van der Waals surface area (Å²) in [6.07, 6.45) is 51.9. The molecule has 0 aliphatic carbocycles. The number of phosphoric ester groups is 1. The first-order valence-corrected chi connectivity index (χ1v) is 22.8. The van der Waals surface area contributed by atoms with Crippen LogP contribution in [-0.4, -0.2) is 41.0 Å². The summed E-state index contributed by atoms with van der Waals surface area (Å²) in [6.45, 7) is 3.53. The maximum atomic E-state index is 12.4. The van der Waals surface area contributed by atoms with Crippen LogP contribution in [0.25, 0.3) is 0 Å². The van der Waals surface area contributed by atoms with E-state index in [4.69, 9.17) is 19.3 Å². The second kappa shape index (κ2) is 40.2. The first-order chi connectivity index (χ1) is 26.3. The number of ether oxygens (including phenoxy) is 2. The van der Waals surface area contributed by atoms with Crippen LogP contribution in [0.3, 0.4) is 0 Å². The van der Waals surface area contributed by atoms with Crippen LogP contribution >= 0.6 is 7.82 Å². The smallest absolute Gasteiger partial charge is 0.462 e. The van der Waals surface area contributed by atoms with Gasteiger partial charge in [0.1, 0.15) is 6.61 Å². The summed E-state index contributed by atoms with van der Waals surface area (Å²) >= 11 is 0. The van der Waals surface area contributed by atoms with Crippen LogP contribution in [0.5, 0.6) is 0 Å². The minimum Gasteiger partial charge on any atom is -0.462 e. The lowest BCUT2D eigenvalue weighted by atomic mass is 10.1. The molecule has 0 rings (SSSR count). The summed E-state index contributed by atoms with van der Waals surface area (Å²) in [7, 11) is -4.77. The lowest BCUT2D eigenvalue weighted by Gasteiger charge is -2.18. The van der Waals surface area contributed by atoms with Crippen molar-refractivity contribution in [3.8, 4) is 0 Å². The van der Waals surface area contributed by atoms with Gasteiger partial charge in [-0.3, -0.25) is 14.1 Å². The third-order valence-electron chi connectivity index (χ3n) is 8.71. The average Bonchev–Trinajstić information content (AvgIpc) is 3.14. The Morgan fingerprint density at radius 1 is 0.500 bits per heavy atom. The molecule has 54 heavy (non-hydrogen) atoms. The van der Waals surface area contributed by atoms with Crippen molar-refractivity contribution < 1.29 is 37.9 Å². The molecule has 0 saturated heterocycles. The standard InChI is InChI=1S/C45H77O8P/c1-3-5-7-9-11-13-15-17-19-21-22-24-26-28-30-32-34-36-38-40-45(47)53-43(42-52-54(48,49)50)41-51-44(46)39-37-35-33-31-29-27-25-23-20-18-16-14-12-10-8-6-4-2/h5,7,11,13-14,16-17,19,22,24,28,30,43H,3-4,6,8-10,12,15,18,20-21,23,25-27,29,31-42H2,1-2H3,(H2,48,49,50)/b7-5+,13-11+,16-14+,19-17+,24-22+,30-28+/t43-/m1/s1. The summed E-state index contributed by atoms with van der Waals surface area (Å²) in [6, 6.07) is 0. The molecule has 0 heterocycles. The van der Waals surface area contributed by atoms with Crippen molar-refractivity contribution in [1.82, 2.24) is 0 Å². The predicted molar refractivity (Wildman–Crippen MR) is 225 cm³/mol. The Bertz CT molecular complexity index is 1100. The molecule has 0 saturated carbocycles. The van der Waals surface area contributed by atoms with E-state index in [0.29, 0.717) is 12.8 Å². The second-order valence-electron chi connectivity index (χ2n) is 13.9. The number of carbonyl (C=O) groups excluding carboxylic acids is 2. The van der Waals surface area contributed by atoms with Crippen molar-refractivity contribution in [1.29, 1.82) is 0 Å². The largest absolute Gasteiger partial charge is 0.469 e. The molecule has 0 aromatic carbocycles. The molecule has 1 atom stereocenters. The van der Waals surface area contributed by atoms with E-state index in [-0.39, 0.29) is 19.4 Å². The highest BCUT2D eigenvalue weighted by atomic mass is 31.2. The van der Waals surface area contributed by atoms with Gasteiger partial charge in [0.25, 0.3) is 0 Å². The number of unbranched alkanes of at least 4 members (excludes halogenated alkanes) is 16. The summed E-state index contributed by atoms with van der Waals surface area (Å²) in [5, 5.41) is 0. The Balaban J connectivity index is 4.00. The number of esters is 2. The Hall–Kier alpha value is -2.51. The van der Waals surface area contributed by atoms with E-state index in [1.165, 1.54) is 70.6 Å². The SMILES string of the molecule is CC/C=C/C/C=C/C/C=C/C/C=C/C/C=C/CCCCCC(=O)O[C@H](COC(=O)CCCCCCCCCCC/C=C/CCCCCC)COP(=O)(O)O. The van der Waals surface area contributed by atoms with E-state index in [1.807, 2.05) is 0 Å². The normalized spacial score (nSPS) is 13.2. The molecule has 0 fully saturated rings. The van der Waals surface area contributed by atoms with Crippen molar-refractivity contribution in [3.63, 3.8) is 0 Å². The minimum atomic E-state index is -4.77. The summed E-state index contributed by atoms with van der Waals surface area (Å²) in [5.41, 5.74) is 0. The lowest BCUT2D eigenvalue weighted by Crippen LogP contribution is -2.29. The first-order valence-electron chi connectivity index (χ1n) is 21.2. The number of rotatable bonds is 38. The van der Waals surface area contributed by atoms with Gasteiger partial charge in [0, 0.05) is 12.8 Å². The molecule has 0 aliphatic rings. The topological polar surface area (TPSA) is 119 Å². The van der Waals surface area contributed by atoms with Crippen LogP contribution in [0.2, 0.25) is 0 Å². The van der Waals surface area contributed by atoms with E-state index in [1.54, 1.807) is 0 Å². The van der Waals surface area contributed by atoms with E-state index < -0.39 is 32.5 Å². The van der Waals surface area contributed by atoms with Crippen molar-refractivity contribution in [2.75, 3.05) is 13.2 Å². The number of hydrogen-bond donors (Lipinski definition) is 2. The molecular weight excluding hydrogens is 699 g/mol. The molecule has 0 aromatic heterocycles. The number of allylic oxidation sites excluding steroid dienone is 12. The van der Waals surface area contributed by atoms with E-state index in [9.17, 15) is 14.2 Å². The Morgan fingerprint density at radius 3 is 1.37 bits per heavy atom. The van der Waals surface area contributed by atoms with E-state index in [2.05, 4.69) is 91.3 Å². The molecule has 0 bridgehead atoms. The van der Waals surface area contributed by atoms with Crippen molar-refractivity contribution in [3.05, 3.63) is 72.9 Å². The molecule has 0 aromatic rings. The third kappa shape index (κ3) is 42.2. The van der Waals surface area contributed by atoms with E-state index >= 15 is 0 Å².